The Hall–Kier alpha value is -2.82. The molecule has 2 atom stereocenters. The highest BCUT2D eigenvalue weighted by molar-refractivity contribution is 5.94. The Kier molecular flexibility index (Phi) is 7.86. The molecule has 5 nitrogen and oxygen atoms in total. The SMILES string of the molecule is CCCC(CC(CC)NC(=O)c1ccc(Oc2ccccc2)cc1)C(N)=O. The van der Waals surface area contributed by atoms with E-state index in [9.17, 15) is 9.59 Å². The minimum Gasteiger partial charge on any atom is -0.457 e. The fraction of sp³-hybridized carbons (Fsp3) is 0.364. The number of carbonyl (C=O) groups is 2. The van der Waals surface area contributed by atoms with Gasteiger partial charge < -0.3 is 15.8 Å². The first-order valence-corrected chi connectivity index (χ1v) is 9.46. The summed E-state index contributed by atoms with van der Waals surface area (Å²) in [5, 5.41) is 3.01. The van der Waals surface area contributed by atoms with Crippen LogP contribution in [-0.4, -0.2) is 17.9 Å². The average molecular weight is 368 g/mol. The molecule has 0 heterocycles. The Balaban J connectivity index is 1.96. The first kappa shape index (κ1) is 20.5. The summed E-state index contributed by atoms with van der Waals surface area (Å²) in [5.74, 6) is 0.748. The van der Waals surface area contributed by atoms with Gasteiger partial charge in [0.2, 0.25) is 5.91 Å². The Morgan fingerprint density at radius 1 is 1.00 bits per heavy atom. The molecule has 27 heavy (non-hydrogen) atoms. The third-order valence-corrected chi connectivity index (χ3v) is 4.53. The lowest BCUT2D eigenvalue weighted by atomic mass is 9.93. The van der Waals surface area contributed by atoms with E-state index in [-0.39, 0.29) is 23.8 Å². The van der Waals surface area contributed by atoms with Crippen LogP contribution in [0.3, 0.4) is 0 Å². The van der Waals surface area contributed by atoms with Gasteiger partial charge in [0, 0.05) is 17.5 Å². The molecule has 3 N–H and O–H groups in total. The van der Waals surface area contributed by atoms with Gasteiger partial charge in [-0.15, -0.1) is 0 Å². The molecule has 0 aromatic heterocycles. The summed E-state index contributed by atoms with van der Waals surface area (Å²) in [6.07, 6.45) is 2.95. The number of para-hydroxylation sites is 1. The quantitative estimate of drug-likeness (QED) is 0.657. The highest BCUT2D eigenvalue weighted by Gasteiger charge is 2.21. The summed E-state index contributed by atoms with van der Waals surface area (Å²) in [4.78, 5) is 24.1. The average Bonchev–Trinajstić information content (AvgIpc) is 2.68. The molecule has 0 fully saturated rings. The van der Waals surface area contributed by atoms with Crippen LogP contribution in [0.15, 0.2) is 54.6 Å². The van der Waals surface area contributed by atoms with Crippen molar-refractivity contribution in [3.8, 4) is 11.5 Å². The summed E-state index contributed by atoms with van der Waals surface area (Å²) in [7, 11) is 0. The molecular weight excluding hydrogens is 340 g/mol. The molecular formula is C22H28N2O3. The minimum absolute atomic E-state index is 0.0817. The van der Waals surface area contributed by atoms with Crippen LogP contribution in [0.1, 0.15) is 49.9 Å². The molecule has 2 aromatic carbocycles. The molecule has 2 amide bonds. The highest BCUT2D eigenvalue weighted by atomic mass is 16.5. The van der Waals surface area contributed by atoms with Crippen molar-refractivity contribution < 1.29 is 14.3 Å². The first-order valence-electron chi connectivity index (χ1n) is 9.46. The molecule has 0 spiro atoms. The molecule has 2 rings (SSSR count). The largest absolute Gasteiger partial charge is 0.457 e. The lowest BCUT2D eigenvalue weighted by molar-refractivity contribution is -0.122. The van der Waals surface area contributed by atoms with Crippen LogP contribution in [0.4, 0.5) is 0 Å². The molecule has 0 radical (unpaired) electrons. The number of rotatable bonds is 10. The van der Waals surface area contributed by atoms with Gasteiger partial charge in [-0.05, 0) is 55.7 Å². The van der Waals surface area contributed by atoms with Crippen LogP contribution in [0.25, 0.3) is 0 Å². The molecule has 144 valence electrons. The van der Waals surface area contributed by atoms with E-state index in [1.807, 2.05) is 44.2 Å². The summed E-state index contributed by atoms with van der Waals surface area (Å²) in [6.45, 7) is 4.01. The summed E-state index contributed by atoms with van der Waals surface area (Å²) in [5.41, 5.74) is 6.04. The summed E-state index contributed by atoms with van der Waals surface area (Å²) < 4.78 is 5.74. The van der Waals surface area contributed by atoms with Crippen molar-refractivity contribution in [2.45, 2.75) is 45.6 Å². The Bertz CT molecular complexity index is 729. The van der Waals surface area contributed by atoms with Crippen LogP contribution in [0, 0.1) is 5.92 Å². The predicted molar refractivity (Wildman–Crippen MR) is 107 cm³/mol. The van der Waals surface area contributed by atoms with Gasteiger partial charge in [0.05, 0.1) is 0 Å². The Morgan fingerprint density at radius 2 is 1.63 bits per heavy atom. The van der Waals surface area contributed by atoms with E-state index in [1.165, 1.54) is 0 Å². The molecule has 0 bridgehead atoms. The molecule has 0 aliphatic rings. The second-order valence-electron chi connectivity index (χ2n) is 6.64. The fourth-order valence-electron chi connectivity index (χ4n) is 2.96. The van der Waals surface area contributed by atoms with Gasteiger partial charge in [-0.1, -0.05) is 38.5 Å². The number of primary amides is 1. The monoisotopic (exact) mass is 368 g/mol. The van der Waals surface area contributed by atoms with Gasteiger partial charge in [-0.2, -0.15) is 0 Å². The molecule has 0 aliphatic heterocycles. The minimum atomic E-state index is -0.299. The van der Waals surface area contributed by atoms with Crippen LogP contribution >= 0.6 is 0 Å². The van der Waals surface area contributed by atoms with E-state index in [0.717, 1.165) is 25.0 Å². The molecule has 2 unspecified atom stereocenters. The zero-order valence-corrected chi connectivity index (χ0v) is 16.0. The third kappa shape index (κ3) is 6.44. The predicted octanol–water partition coefficient (Wildman–Crippen LogP) is 4.28. The Morgan fingerprint density at radius 3 is 2.19 bits per heavy atom. The van der Waals surface area contributed by atoms with Crippen LogP contribution in [-0.2, 0) is 4.79 Å². The van der Waals surface area contributed by atoms with Gasteiger partial charge in [0.1, 0.15) is 11.5 Å². The van der Waals surface area contributed by atoms with Gasteiger partial charge in [-0.25, -0.2) is 0 Å². The van der Waals surface area contributed by atoms with E-state index >= 15 is 0 Å². The molecule has 0 saturated heterocycles. The van der Waals surface area contributed by atoms with Crippen molar-refractivity contribution in [1.82, 2.24) is 5.32 Å². The maximum Gasteiger partial charge on any atom is 0.251 e. The Labute approximate surface area is 160 Å². The van der Waals surface area contributed by atoms with Crippen molar-refractivity contribution in [3.05, 3.63) is 60.2 Å². The van der Waals surface area contributed by atoms with Crippen LogP contribution in [0.2, 0.25) is 0 Å². The molecule has 5 heteroatoms. The second kappa shape index (κ2) is 10.4. The molecule has 0 saturated carbocycles. The number of amides is 2. The highest BCUT2D eigenvalue weighted by Crippen LogP contribution is 2.21. The number of nitrogens with two attached hydrogens (primary N) is 1. The normalized spacial score (nSPS) is 12.8. The summed E-state index contributed by atoms with van der Waals surface area (Å²) in [6, 6.07) is 16.4. The zero-order chi connectivity index (χ0) is 19.6. The topological polar surface area (TPSA) is 81.4 Å². The smallest absolute Gasteiger partial charge is 0.251 e. The number of nitrogens with one attached hydrogen (secondary N) is 1. The van der Waals surface area contributed by atoms with Gasteiger partial charge in [-0.3, -0.25) is 9.59 Å². The van der Waals surface area contributed by atoms with Crippen molar-refractivity contribution in [3.63, 3.8) is 0 Å². The molecule has 2 aromatic rings. The second-order valence-corrected chi connectivity index (χ2v) is 6.64. The lowest BCUT2D eigenvalue weighted by Gasteiger charge is -2.21. The lowest BCUT2D eigenvalue weighted by Crippen LogP contribution is -2.38. The van der Waals surface area contributed by atoms with Gasteiger partial charge in [0.15, 0.2) is 0 Å². The molecule has 0 aliphatic carbocycles. The van der Waals surface area contributed by atoms with Gasteiger partial charge in [0.25, 0.3) is 5.91 Å². The maximum absolute atomic E-state index is 12.5. The van der Waals surface area contributed by atoms with E-state index < -0.39 is 0 Å². The van der Waals surface area contributed by atoms with Crippen LogP contribution < -0.4 is 15.8 Å². The van der Waals surface area contributed by atoms with Crippen molar-refractivity contribution >= 4 is 11.8 Å². The number of carbonyl (C=O) groups excluding carboxylic acids is 2. The maximum atomic E-state index is 12.5. The third-order valence-electron chi connectivity index (χ3n) is 4.53. The first-order chi connectivity index (χ1) is 13.0. The summed E-state index contributed by atoms with van der Waals surface area (Å²) >= 11 is 0. The van der Waals surface area contributed by atoms with E-state index in [1.54, 1.807) is 24.3 Å². The van der Waals surface area contributed by atoms with Crippen molar-refractivity contribution in [2.24, 2.45) is 11.7 Å². The van der Waals surface area contributed by atoms with E-state index in [2.05, 4.69) is 5.32 Å². The number of hydrogen-bond donors (Lipinski definition) is 2. The van der Waals surface area contributed by atoms with Gasteiger partial charge >= 0.3 is 0 Å². The zero-order valence-electron chi connectivity index (χ0n) is 16.0. The number of benzene rings is 2. The number of ether oxygens (including phenoxy) is 1. The van der Waals surface area contributed by atoms with Crippen LogP contribution in [0.5, 0.6) is 11.5 Å². The van der Waals surface area contributed by atoms with E-state index in [0.29, 0.717) is 17.7 Å². The standard InChI is InChI=1S/C22H28N2O3/c1-3-8-17(21(23)25)15-18(4-2)24-22(26)16-11-13-20(14-12-16)27-19-9-6-5-7-10-19/h5-7,9-14,17-18H,3-4,8,15H2,1-2H3,(H2,23,25)(H,24,26). The fourth-order valence-corrected chi connectivity index (χ4v) is 2.96. The number of hydrogen-bond acceptors (Lipinski definition) is 3. The van der Waals surface area contributed by atoms with E-state index in [4.69, 9.17) is 10.5 Å². The van der Waals surface area contributed by atoms with Crippen molar-refractivity contribution in [2.75, 3.05) is 0 Å². The van der Waals surface area contributed by atoms with Crippen molar-refractivity contribution in [1.29, 1.82) is 0 Å².